The van der Waals surface area contributed by atoms with Crippen molar-refractivity contribution in [3.8, 4) is 0 Å². The van der Waals surface area contributed by atoms with Crippen molar-refractivity contribution in [3.63, 3.8) is 0 Å². The number of benzene rings is 4. The third-order valence-corrected chi connectivity index (χ3v) is 11.0. The second kappa shape index (κ2) is 27.2. The van der Waals surface area contributed by atoms with E-state index in [4.69, 9.17) is 14.7 Å². The van der Waals surface area contributed by atoms with Crippen LogP contribution in [0.3, 0.4) is 0 Å². The van der Waals surface area contributed by atoms with Gasteiger partial charge in [-0.05, 0) is 76.6 Å². The van der Waals surface area contributed by atoms with Crippen LogP contribution >= 0.6 is 15.9 Å². The van der Waals surface area contributed by atoms with E-state index in [1.54, 1.807) is 5.48 Å². The van der Waals surface area contributed by atoms with Crippen molar-refractivity contribution in [1.29, 1.82) is 0 Å². The molecule has 9 nitrogen and oxygen atoms in total. The highest BCUT2D eigenvalue weighted by molar-refractivity contribution is 9.09. The van der Waals surface area contributed by atoms with Gasteiger partial charge in [-0.15, -0.1) is 0 Å². The minimum Gasteiger partial charge on any atom is -0.466 e. The van der Waals surface area contributed by atoms with Crippen LogP contribution in [0.1, 0.15) is 110 Å². The van der Waals surface area contributed by atoms with Gasteiger partial charge < -0.3 is 18.6 Å². The lowest BCUT2D eigenvalue weighted by molar-refractivity contribution is -0.144. The van der Waals surface area contributed by atoms with Crippen molar-refractivity contribution in [2.45, 2.75) is 123 Å². The van der Waals surface area contributed by atoms with Crippen molar-refractivity contribution in [2.75, 3.05) is 18.5 Å². The Balaban J connectivity index is 0.000000207. The molecular formula is C49H64BrN3O6. The maximum absolute atomic E-state index is 11.3. The summed E-state index contributed by atoms with van der Waals surface area (Å²) < 4.78 is 14.6. The number of hydrogen-bond acceptors (Lipinski definition) is 6. The smallest absolute Gasteiger partial charge is 0.305 e. The summed E-state index contributed by atoms with van der Waals surface area (Å²) in [7, 11) is 0. The molecule has 0 atom stereocenters. The number of hydroxylamine groups is 1. The summed E-state index contributed by atoms with van der Waals surface area (Å²) in [6, 6.07) is 34.3. The van der Waals surface area contributed by atoms with Gasteiger partial charge >= 0.3 is 11.9 Å². The number of nitrogens with one attached hydrogen (secondary N) is 1. The van der Waals surface area contributed by atoms with Crippen LogP contribution in [0, 0.1) is 0 Å². The van der Waals surface area contributed by atoms with Gasteiger partial charge in [-0.25, -0.2) is 5.48 Å². The highest BCUT2D eigenvalue weighted by atomic mass is 79.9. The summed E-state index contributed by atoms with van der Waals surface area (Å²) in [4.78, 5) is 33.1. The first-order valence-electron chi connectivity index (χ1n) is 21.6. The minimum atomic E-state index is -0.299. The van der Waals surface area contributed by atoms with E-state index in [-0.39, 0.29) is 17.8 Å². The Kier molecular flexibility index (Phi) is 21.6. The number of amides is 1. The fraction of sp³-hybridized carbons (Fsp3) is 0.449. The number of carbonyl (C=O) groups excluding carboxylic acids is 3. The second-order valence-corrected chi connectivity index (χ2v) is 15.5. The molecule has 0 aliphatic carbocycles. The van der Waals surface area contributed by atoms with E-state index in [1.807, 2.05) is 13.8 Å². The topological polar surface area (TPSA) is 112 Å². The van der Waals surface area contributed by atoms with Crippen LogP contribution in [-0.4, -0.2) is 50.7 Å². The van der Waals surface area contributed by atoms with Crippen molar-refractivity contribution in [1.82, 2.24) is 14.6 Å². The largest absolute Gasteiger partial charge is 0.466 e. The van der Waals surface area contributed by atoms with E-state index in [9.17, 15) is 14.4 Å². The zero-order valence-corrected chi connectivity index (χ0v) is 36.7. The molecule has 1 amide bonds. The molecule has 2 aromatic heterocycles. The number of esters is 2. The molecule has 10 heteroatoms. The van der Waals surface area contributed by atoms with Crippen molar-refractivity contribution in [3.05, 3.63) is 97.1 Å². The lowest BCUT2D eigenvalue weighted by Gasteiger charge is -2.07. The molecule has 0 saturated heterocycles. The molecule has 6 aromatic rings. The van der Waals surface area contributed by atoms with Crippen LogP contribution in [0.15, 0.2) is 97.1 Å². The predicted molar refractivity (Wildman–Crippen MR) is 245 cm³/mol. The average Bonchev–Trinajstić information content (AvgIpc) is 3.76. The molecule has 0 saturated carbocycles. The van der Waals surface area contributed by atoms with Crippen LogP contribution in [0.25, 0.3) is 43.6 Å². The maximum atomic E-state index is 11.3. The number of halogens is 1. The first-order valence-corrected chi connectivity index (χ1v) is 22.8. The van der Waals surface area contributed by atoms with E-state index in [1.165, 1.54) is 56.5 Å². The SMILES string of the molecule is CCOC(=O)CCCCCCBr.CCOC(=O)CCCCCCn1c2ccccc2c2ccccc21.O=C(CCCCCCn1c2ccccc2c2ccccc21)NO. The van der Waals surface area contributed by atoms with Gasteiger partial charge in [0.2, 0.25) is 5.91 Å². The minimum absolute atomic E-state index is 0.0589. The Morgan fingerprint density at radius 3 is 1.15 bits per heavy atom. The number of fused-ring (bicyclic) bond motifs is 6. The number of hydrogen-bond donors (Lipinski definition) is 2. The third kappa shape index (κ3) is 15.1. The summed E-state index contributed by atoms with van der Waals surface area (Å²) in [6.45, 7) is 6.67. The average molecular weight is 871 g/mol. The standard InChI is InChI=1S/C21H25NO2.C19H22N2O2.C9H17BrO2/c1-2-24-21(23)15-5-3-4-10-16-22-19-13-8-6-11-17(19)18-12-7-9-14-20(18)22;22-19(20-23)13-3-1-2-8-14-21-17-11-6-4-9-15(17)16-10-5-7-12-18(16)21;1-2-12-9(11)7-5-3-4-6-8-10/h6-9,11-14H,2-5,10,15-16H2,1H3;4-7,9-12,23H,1-3,8,13-14H2,(H,20,22);2-8H2,1H3. The molecule has 2 heterocycles. The number of carbonyl (C=O) groups is 3. The van der Waals surface area contributed by atoms with Crippen molar-refractivity contribution >= 4 is 77.4 Å². The summed E-state index contributed by atoms with van der Waals surface area (Å²) in [5.74, 6) is -0.427. The Morgan fingerprint density at radius 2 is 0.814 bits per heavy atom. The molecule has 0 radical (unpaired) electrons. The molecular weight excluding hydrogens is 806 g/mol. The van der Waals surface area contributed by atoms with E-state index < -0.39 is 0 Å². The van der Waals surface area contributed by atoms with E-state index in [0.717, 1.165) is 82.6 Å². The Bertz CT molecular complexity index is 2050. The quantitative estimate of drug-likeness (QED) is 0.0231. The summed E-state index contributed by atoms with van der Waals surface area (Å²) >= 11 is 3.36. The molecule has 0 aliphatic heterocycles. The fourth-order valence-corrected chi connectivity index (χ4v) is 7.93. The highest BCUT2D eigenvalue weighted by Gasteiger charge is 2.11. The first kappa shape index (κ1) is 47.0. The molecule has 318 valence electrons. The van der Waals surface area contributed by atoms with Crippen LogP contribution < -0.4 is 5.48 Å². The highest BCUT2D eigenvalue weighted by Crippen LogP contribution is 2.30. The Labute approximate surface area is 358 Å². The summed E-state index contributed by atoms with van der Waals surface area (Å²) in [6.07, 6.45) is 14.3. The summed E-state index contributed by atoms with van der Waals surface area (Å²) in [5.41, 5.74) is 6.87. The lowest BCUT2D eigenvalue weighted by Crippen LogP contribution is -2.17. The van der Waals surface area contributed by atoms with Crippen molar-refractivity contribution < 1.29 is 29.1 Å². The van der Waals surface area contributed by atoms with Crippen LogP contribution in [0.2, 0.25) is 0 Å². The Hall–Kier alpha value is -4.67. The monoisotopic (exact) mass is 869 g/mol. The number of alkyl halides is 1. The van der Waals surface area contributed by atoms with Gasteiger partial charge in [-0.3, -0.25) is 19.6 Å². The van der Waals surface area contributed by atoms with E-state index >= 15 is 0 Å². The number of aryl methyl sites for hydroxylation is 2. The fourth-order valence-electron chi connectivity index (χ4n) is 7.53. The third-order valence-electron chi connectivity index (χ3n) is 10.4. The molecule has 6 rings (SSSR count). The van der Waals surface area contributed by atoms with Gasteiger partial charge in [-0.2, -0.15) is 0 Å². The molecule has 0 fully saturated rings. The number of nitrogens with zero attached hydrogens (tertiary/aromatic N) is 2. The predicted octanol–water partition coefficient (Wildman–Crippen LogP) is 12.5. The van der Waals surface area contributed by atoms with E-state index in [2.05, 4.69) is 122 Å². The van der Waals surface area contributed by atoms with Gasteiger partial charge in [-0.1, -0.05) is 127 Å². The second-order valence-electron chi connectivity index (χ2n) is 14.7. The molecule has 4 aromatic carbocycles. The van der Waals surface area contributed by atoms with Crippen LogP contribution in [0.5, 0.6) is 0 Å². The normalized spacial score (nSPS) is 10.9. The Morgan fingerprint density at radius 1 is 0.492 bits per heavy atom. The zero-order chi connectivity index (χ0) is 42.1. The molecule has 0 spiro atoms. The van der Waals surface area contributed by atoms with Crippen molar-refractivity contribution in [2.24, 2.45) is 0 Å². The van der Waals surface area contributed by atoms with Gasteiger partial charge in [0, 0.05) is 81.3 Å². The number of para-hydroxylation sites is 4. The van der Waals surface area contributed by atoms with Crippen LogP contribution in [-0.2, 0) is 36.9 Å². The zero-order valence-electron chi connectivity index (χ0n) is 35.1. The van der Waals surface area contributed by atoms with E-state index in [0.29, 0.717) is 32.5 Å². The van der Waals surface area contributed by atoms with Crippen LogP contribution in [0.4, 0.5) is 0 Å². The molecule has 0 aliphatic rings. The maximum Gasteiger partial charge on any atom is 0.305 e. The summed E-state index contributed by atoms with van der Waals surface area (Å²) in [5, 5.41) is 14.8. The van der Waals surface area contributed by atoms with Gasteiger partial charge in [0.1, 0.15) is 0 Å². The number of aromatic nitrogens is 2. The van der Waals surface area contributed by atoms with Gasteiger partial charge in [0.05, 0.1) is 13.2 Å². The molecule has 59 heavy (non-hydrogen) atoms. The lowest BCUT2D eigenvalue weighted by atomic mass is 10.1. The first-order chi connectivity index (χ1) is 28.9. The number of rotatable bonds is 22. The molecule has 2 N–H and O–H groups in total. The molecule has 0 unspecified atom stereocenters. The molecule has 0 bridgehead atoms. The number of unbranched alkanes of at least 4 members (excludes halogenated alkanes) is 9. The van der Waals surface area contributed by atoms with Gasteiger partial charge in [0.15, 0.2) is 0 Å². The van der Waals surface area contributed by atoms with Gasteiger partial charge in [0.25, 0.3) is 0 Å². The number of ether oxygens (including phenoxy) is 2.